The van der Waals surface area contributed by atoms with E-state index in [9.17, 15) is 0 Å². The summed E-state index contributed by atoms with van der Waals surface area (Å²) in [6.45, 7) is 0. The maximum Gasteiger partial charge on any atom is 0.118 e. The molecule has 0 N–H and O–H groups in total. The summed E-state index contributed by atoms with van der Waals surface area (Å²) in [6.07, 6.45) is 2.18. The third kappa shape index (κ3) is 1.58. The molecule has 2 nitrogen and oxygen atoms in total. The van der Waals surface area contributed by atoms with E-state index in [0.29, 0.717) is 0 Å². The van der Waals surface area contributed by atoms with Gasteiger partial charge in [-0.05, 0) is 35.9 Å². The molecule has 0 unspecified atom stereocenters. The molecule has 4 aromatic rings. The molecule has 0 atom stereocenters. The largest absolute Gasteiger partial charge is 0.329 e. The van der Waals surface area contributed by atoms with Crippen LogP contribution < -0.4 is 0 Å². The summed E-state index contributed by atoms with van der Waals surface area (Å²) in [7, 11) is 2.10. The molecule has 0 aliphatic rings. The zero-order chi connectivity index (χ0) is 13.7. The third-order valence-electron chi connectivity index (χ3n) is 3.82. The van der Waals surface area contributed by atoms with Gasteiger partial charge in [0.15, 0.2) is 0 Å². The van der Waals surface area contributed by atoms with Gasteiger partial charge in [0.1, 0.15) is 5.65 Å². The maximum atomic E-state index is 5.95. The highest BCUT2D eigenvalue weighted by atomic mass is 35.5. The second-order valence-electron chi connectivity index (χ2n) is 5.01. The van der Waals surface area contributed by atoms with E-state index in [4.69, 9.17) is 11.6 Å². The van der Waals surface area contributed by atoms with E-state index in [-0.39, 0.29) is 0 Å². The number of fused-ring (bicyclic) bond motifs is 3. The molecule has 0 saturated heterocycles. The number of aromatic nitrogens is 2. The fourth-order valence-corrected chi connectivity index (χ4v) is 2.90. The van der Waals surface area contributed by atoms with Crippen LogP contribution in [0.25, 0.3) is 27.8 Å². The molecule has 0 aliphatic carbocycles. The summed E-state index contributed by atoms with van der Waals surface area (Å²) in [4.78, 5) is 0. The lowest BCUT2D eigenvalue weighted by Crippen LogP contribution is -1.85. The number of hydrogen-bond acceptors (Lipinski definition) is 0. The molecule has 2 aromatic carbocycles. The van der Waals surface area contributed by atoms with Crippen molar-refractivity contribution in [1.82, 2.24) is 8.97 Å². The summed E-state index contributed by atoms with van der Waals surface area (Å²) in [5.74, 6) is 0. The van der Waals surface area contributed by atoms with Crippen LogP contribution in [-0.4, -0.2) is 8.97 Å². The molecule has 3 heteroatoms. The van der Waals surface area contributed by atoms with E-state index < -0.39 is 0 Å². The lowest BCUT2D eigenvalue weighted by Gasteiger charge is -1.98. The first-order valence-corrected chi connectivity index (χ1v) is 6.93. The summed E-state index contributed by atoms with van der Waals surface area (Å²) in [5, 5.41) is 0.767. The van der Waals surface area contributed by atoms with Crippen molar-refractivity contribution in [3.8, 4) is 11.1 Å². The van der Waals surface area contributed by atoms with Gasteiger partial charge in [-0.2, -0.15) is 0 Å². The minimum Gasteiger partial charge on any atom is -0.329 e. The van der Waals surface area contributed by atoms with Gasteiger partial charge in [-0.15, -0.1) is 0 Å². The monoisotopic (exact) mass is 280 g/mol. The van der Waals surface area contributed by atoms with Crippen molar-refractivity contribution in [3.63, 3.8) is 0 Å². The number of para-hydroxylation sites is 2. The Kier molecular flexibility index (Phi) is 2.41. The first-order chi connectivity index (χ1) is 9.74. The number of benzene rings is 2. The fraction of sp³-hybridized carbons (Fsp3) is 0.0588. The first kappa shape index (κ1) is 11.6. The first-order valence-electron chi connectivity index (χ1n) is 6.55. The maximum absolute atomic E-state index is 5.95. The van der Waals surface area contributed by atoms with Gasteiger partial charge < -0.3 is 8.97 Å². The van der Waals surface area contributed by atoms with Crippen molar-refractivity contribution in [3.05, 3.63) is 65.8 Å². The van der Waals surface area contributed by atoms with Crippen LogP contribution >= 0.6 is 11.6 Å². The van der Waals surface area contributed by atoms with Gasteiger partial charge in [0.25, 0.3) is 0 Å². The Hall–Kier alpha value is -2.19. The Labute approximate surface area is 121 Å². The van der Waals surface area contributed by atoms with Crippen molar-refractivity contribution >= 4 is 28.3 Å². The lowest BCUT2D eigenvalue weighted by molar-refractivity contribution is 0.994. The summed E-state index contributed by atoms with van der Waals surface area (Å²) in [6, 6.07) is 18.6. The van der Waals surface area contributed by atoms with E-state index in [1.165, 1.54) is 27.8 Å². The van der Waals surface area contributed by atoms with Crippen molar-refractivity contribution in [2.24, 2.45) is 7.05 Å². The SMILES string of the molecule is Cn1c2ccccc2n2cc(-c3ccc(Cl)cc3)cc12. The molecule has 98 valence electrons. The minimum absolute atomic E-state index is 0.767. The number of nitrogens with zero attached hydrogens (tertiary/aromatic N) is 2. The zero-order valence-electron chi connectivity index (χ0n) is 11.0. The van der Waals surface area contributed by atoms with E-state index in [1.54, 1.807) is 0 Å². The predicted molar refractivity (Wildman–Crippen MR) is 84.3 cm³/mol. The van der Waals surface area contributed by atoms with Crippen LogP contribution in [0.15, 0.2) is 60.8 Å². The van der Waals surface area contributed by atoms with Crippen LogP contribution in [0.4, 0.5) is 0 Å². The zero-order valence-corrected chi connectivity index (χ0v) is 11.8. The van der Waals surface area contributed by atoms with Gasteiger partial charge in [-0.25, -0.2) is 0 Å². The number of aryl methyl sites for hydroxylation is 1. The summed E-state index contributed by atoms with van der Waals surface area (Å²) < 4.78 is 4.45. The standard InChI is InChI=1S/C17H13ClN2/c1-19-15-4-2-3-5-16(15)20-11-13(10-17(19)20)12-6-8-14(18)9-7-12/h2-11H,1H3. The van der Waals surface area contributed by atoms with Crippen LogP contribution in [0.5, 0.6) is 0 Å². The average molecular weight is 281 g/mol. The minimum atomic E-state index is 0.767. The molecule has 0 spiro atoms. The Morgan fingerprint density at radius 1 is 0.850 bits per heavy atom. The number of imidazole rings is 1. The van der Waals surface area contributed by atoms with E-state index in [2.05, 4.69) is 64.7 Å². The number of rotatable bonds is 1. The topological polar surface area (TPSA) is 9.34 Å². The Balaban J connectivity index is 1.99. The van der Waals surface area contributed by atoms with Gasteiger partial charge in [-0.1, -0.05) is 35.9 Å². The molecule has 0 fully saturated rings. The van der Waals surface area contributed by atoms with Gasteiger partial charge >= 0.3 is 0 Å². The van der Waals surface area contributed by atoms with Crippen molar-refractivity contribution < 1.29 is 0 Å². The number of hydrogen-bond donors (Lipinski definition) is 0. The lowest BCUT2D eigenvalue weighted by atomic mass is 10.1. The Morgan fingerprint density at radius 3 is 2.30 bits per heavy atom. The average Bonchev–Trinajstić information content (AvgIpc) is 3.01. The molecular formula is C17H13ClN2. The summed E-state index contributed by atoms with van der Waals surface area (Å²) >= 11 is 5.95. The van der Waals surface area contributed by atoms with E-state index in [0.717, 1.165) is 5.02 Å². The van der Waals surface area contributed by atoms with E-state index in [1.807, 2.05) is 12.1 Å². The Morgan fingerprint density at radius 2 is 1.55 bits per heavy atom. The van der Waals surface area contributed by atoms with E-state index >= 15 is 0 Å². The van der Waals surface area contributed by atoms with Crippen molar-refractivity contribution in [1.29, 1.82) is 0 Å². The number of halogens is 1. The molecule has 0 bridgehead atoms. The van der Waals surface area contributed by atoms with Crippen molar-refractivity contribution in [2.45, 2.75) is 0 Å². The molecule has 20 heavy (non-hydrogen) atoms. The fourth-order valence-electron chi connectivity index (χ4n) is 2.78. The van der Waals surface area contributed by atoms with Crippen LogP contribution in [0, 0.1) is 0 Å². The quantitative estimate of drug-likeness (QED) is 0.476. The van der Waals surface area contributed by atoms with Gasteiger partial charge in [-0.3, -0.25) is 0 Å². The van der Waals surface area contributed by atoms with Crippen LogP contribution in [-0.2, 0) is 7.05 Å². The summed E-state index contributed by atoms with van der Waals surface area (Å²) in [5.41, 5.74) is 6.05. The predicted octanol–water partition coefficient (Wildman–Crippen LogP) is 4.75. The van der Waals surface area contributed by atoms with Crippen LogP contribution in [0.1, 0.15) is 0 Å². The molecule has 0 saturated carbocycles. The second kappa shape index (κ2) is 4.15. The second-order valence-corrected chi connectivity index (χ2v) is 5.45. The van der Waals surface area contributed by atoms with Gasteiger partial charge in [0, 0.05) is 23.8 Å². The van der Waals surface area contributed by atoms with Gasteiger partial charge in [0.05, 0.1) is 11.0 Å². The molecule has 2 heterocycles. The molecule has 2 aromatic heterocycles. The highest BCUT2D eigenvalue weighted by Crippen LogP contribution is 2.28. The van der Waals surface area contributed by atoms with Crippen LogP contribution in [0.3, 0.4) is 0 Å². The van der Waals surface area contributed by atoms with Crippen molar-refractivity contribution in [2.75, 3.05) is 0 Å². The highest BCUT2D eigenvalue weighted by Gasteiger charge is 2.10. The molecule has 0 aliphatic heterocycles. The smallest absolute Gasteiger partial charge is 0.118 e. The highest BCUT2D eigenvalue weighted by molar-refractivity contribution is 6.30. The molecule has 0 amide bonds. The third-order valence-corrected chi connectivity index (χ3v) is 4.08. The normalized spacial score (nSPS) is 11.5. The van der Waals surface area contributed by atoms with Gasteiger partial charge in [0.2, 0.25) is 0 Å². The van der Waals surface area contributed by atoms with Crippen LogP contribution in [0.2, 0.25) is 5.02 Å². The molecule has 4 rings (SSSR count). The molecular weight excluding hydrogens is 268 g/mol. The molecule has 0 radical (unpaired) electrons. The Bertz CT molecular complexity index is 913.